The molecule has 0 bridgehead atoms. The van der Waals surface area contributed by atoms with Crippen molar-refractivity contribution >= 4 is 6.21 Å². The van der Waals surface area contributed by atoms with Gasteiger partial charge < -0.3 is 0 Å². The van der Waals surface area contributed by atoms with Gasteiger partial charge in [0.2, 0.25) is 0 Å². The number of nitrogens with zero attached hydrogens (tertiary/aromatic N) is 1. The second-order valence-corrected chi connectivity index (χ2v) is 3.24. The molecule has 1 rings (SSSR count). The summed E-state index contributed by atoms with van der Waals surface area (Å²) in [6, 6.07) is 0. The van der Waals surface area contributed by atoms with Crippen molar-refractivity contribution in [3.63, 3.8) is 0 Å². The van der Waals surface area contributed by atoms with Crippen LogP contribution >= 0.6 is 0 Å². The third-order valence-electron chi connectivity index (χ3n) is 2.28. The monoisotopic (exact) mass is 125 g/mol. The van der Waals surface area contributed by atoms with Crippen LogP contribution in [-0.4, -0.2) is 12.8 Å². The van der Waals surface area contributed by atoms with E-state index in [4.69, 9.17) is 0 Å². The van der Waals surface area contributed by atoms with Gasteiger partial charge in [-0.3, -0.25) is 4.99 Å². The van der Waals surface area contributed by atoms with Gasteiger partial charge in [0.25, 0.3) is 0 Å². The first-order chi connectivity index (χ1) is 4.19. The SMILES string of the molecule is CCN=CC1(C)C[C@@H]1C. The summed E-state index contributed by atoms with van der Waals surface area (Å²) in [5.74, 6) is 0.868. The average molecular weight is 125 g/mol. The van der Waals surface area contributed by atoms with Crippen LogP contribution in [0, 0.1) is 11.3 Å². The summed E-state index contributed by atoms with van der Waals surface area (Å²) >= 11 is 0. The Balaban J connectivity index is 2.36. The van der Waals surface area contributed by atoms with E-state index in [0.717, 1.165) is 12.5 Å². The molecule has 0 amide bonds. The molecule has 1 fully saturated rings. The van der Waals surface area contributed by atoms with Crippen LogP contribution in [0.4, 0.5) is 0 Å². The minimum atomic E-state index is 0.468. The first-order valence-corrected chi connectivity index (χ1v) is 3.70. The molecule has 0 radical (unpaired) electrons. The van der Waals surface area contributed by atoms with Gasteiger partial charge in [0.05, 0.1) is 0 Å². The third-order valence-corrected chi connectivity index (χ3v) is 2.28. The number of hydrogen-bond acceptors (Lipinski definition) is 1. The van der Waals surface area contributed by atoms with Crippen LogP contribution in [0.3, 0.4) is 0 Å². The van der Waals surface area contributed by atoms with E-state index in [2.05, 4.69) is 32.0 Å². The number of hydrogen-bond donors (Lipinski definition) is 0. The predicted molar refractivity (Wildman–Crippen MR) is 40.9 cm³/mol. The van der Waals surface area contributed by atoms with Gasteiger partial charge in [-0.25, -0.2) is 0 Å². The van der Waals surface area contributed by atoms with Crippen molar-refractivity contribution in [2.45, 2.75) is 27.2 Å². The summed E-state index contributed by atoms with van der Waals surface area (Å²) in [4.78, 5) is 4.23. The molecule has 1 aliphatic rings. The molecule has 0 aromatic heterocycles. The maximum absolute atomic E-state index is 4.23. The fourth-order valence-electron chi connectivity index (χ4n) is 1.08. The summed E-state index contributed by atoms with van der Waals surface area (Å²) in [5.41, 5.74) is 0.468. The Labute approximate surface area is 57.2 Å². The zero-order valence-electron chi connectivity index (χ0n) is 6.52. The van der Waals surface area contributed by atoms with Crippen LogP contribution in [0.2, 0.25) is 0 Å². The molecular weight excluding hydrogens is 110 g/mol. The van der Waals surface area contributed by atoms with E-state index in [9.17, 15) is 0 Å². The van der Waals surface area contributed by atoms with E-state index < -0.39 is 0 Å². The minimum Gasteiger partial charge on any atom is -0.297 e. The van der Waals surface area contributed by atoms with Crippen LogP contribution in [0.15, 0.2) is 4.99 Å². The lowest BCUT2D eigenvalue weighted by Crippen LogP contribution is -1.97. The highest BCUT2D eigenvalue weighted by Gasteiger charge is 2.44. The Bertz CT molecular complexity index is 129. The Hall–Kier alpha value is -0.330. The average Bonchev–Trinajstić information content (AvgIpc) is 2.38. The second kappa shape index (κ2) is 2.13. The van der Waals surface area contributed by atoms with E-state index in [1.165, 1.54) is 6.42 Å². The zero-order valence-corrected chi connectivity index (χ0v) is 6.52. The van der Waals surface area contributed by atoms with Crippen molar-refractivity contribution in [2.24, 2.45) is 16.3 Å². The van der Waals surface area contributed by atoms with E-state index in [-0.39, 0.29) is 0 Å². The minimum absolute atomic E-state index is 0.468. The van der Waals surface area contributed by atoms with Crippen LogP contribution in [0.25, 0.3) is 0 Å². The molecule has 0 saturated heterocycles. The maximum atomic E-state index is 4.23. The van der Waals surface area contributed by atoms with Crippen LogP contribution < -0.4 is 0 Å². The van der Waals surface area contributed by atoms with Crippen molar-refractivity contribution in [3.05, 3.63) is 0 Å². The highest BCUT2D eigenvalue weighted by molar-refractivity contribution is 5.69. The van der Waals surface area contributed by atoms with Crippen LogP contribution in [0.5, 0.6) is 0 Å². The van der Waals surface area contributed by atoms with E-state index in [1.54, 1.807) is 0 Å². The Kier molecular flexibility index (Phi) is 1.60. The topological polar surface area (TPSA) is 12.4 Å². The molecule has 1 nitrogen and oxygen atoms in total. The van der Waals surface area contributed by atoms with Gasteiger partial charge in [0.15, 0.2) is 0 Å². The molecule has 0 aliphatic heterocycles. The molecule has 1 heteroatoms. The Morgan fingerprint density at radius 3 is 2.67 bits per heavy atom. The lowest BCUT2D eigenvalue weighted by Gasteiger charge is -1.97. The van der Waals surface area contributed by atoms with Crippen molar-refractivity contribution in [1.82, 2.24) is 0 Å². The summed E-state index contributed by atoms with van der Waals surface area (Å²) < 4.78 is 0. The number of aliphatic imine (C=N–C) groups is 1. The Morgan fingerprint density at radius 2 is 2.33 bits per heavy atom. The Morgan fingerprint density at radius 1 is 1.78 bits per heavy atom. The summed E-state index contributed by atoms with van der Waals surface area (Å²) in [5, 5.41) is 0. The van der Waals surface area contributed by atoms with Crippen molar-refractivity contribution in [3.8, 4) is 0 Å². The van der Waals surface area contributed by atoms with E-state index in [0.29, 0.717) is 5.41 Å². The van der Waals surface area contributed by atoms with Crippen molar-refractivity contribution in [1.29, 1.82) is 0 Å². The molecular formula is C8H15N. The largest absolute Gasteiger partial charge is 0.297 e. The predicted octanol–water partition coefficient (Wildman–Crippen LogP) is 2.12. The first kappa shape index (κ1) is 6.79. The lowest BCUT2D eigenvalue weighted by molar-refractivity contribution is 0.722. The molecule has 0 N–H and O–H groups in total. The van der Waals surface area contributed by atoms with Crippen LogP contribution in [0.1, 0.15) is 27.2 Å². The molecule has 1 saturated carbocycles. The van der Waals surface area contributed by atoms with Gasteiger partial charge in [-0.05, 0) is 19.3 Å². The maximum Gasteiger partial charge on any atom is 0.0357 e. The molecule has 2 atom stereocenters. The first-order valence-electron chi connectivity index (χ1n) is 3.70. The third kappa shape index (κ3) is 1.32. The quantitative estimate of drug-likeness (QED) is 0.501. The van der Waals surface area contributed by atoms with Gasteiger partial charge in [0.1, 0.15) is 0 Å². The van der Waals surface area contributed by atoms with Gasteiger partial charge in [-0.1, -0.05) is 13.8 Å². The lowest BCUT2D eigenvalue weighted by atomic mass is 10.1. The zero-order chi connectivity index (χ0) is 6.91. The molecule has 0 heterocycles. The second-order valence-electron chi connectivity index (χ2n) is 3.24. The smallest absolute Gasteiger partial charge is 0.0357 e. The molecule has 1 aliphatic carbocycles. The molecule has 0 aromatic carbocycles. The fourth-order valence-corrected chi connectivity index (χ4v) is 1.08. The van der Waals surface area contributed by atoms with E-state index in [1.807, 2.05) is 0 Å². The molecule has 1 unspecified atom stereocenters. The molecule has 0 aromatic rings. The normalized spacial score (nSPS) is 41.9. The van der Waals surface area contributed by atoms with Gasteiger partial charge >= 0.3 is 0 Å². The van der Waals surface area contributed by atoms with Gasteiger partial charge in [-0.2, -0.15) is 0 Å². The fraction of sp³-hybridized carbons (Fsp3) is 0.875. The molecule has 0 spiro atoms. The van der Waals surface area contributed by atoms with Crippen LogP contribution in [-0.2, 0) is 0 Å². The standard InChI is InChI=1S/C8H15N/c1-4-9-6-8(3)5-7(8)2/h6-7H,4-5H2,1-3H3/t7-,8?/m0/s1. The summed E-state index contributed by atoms with van der Waals surface area (Å²) in [6.45, 7) is 7.56. The van der Waals surface area contributed by atoms with Crippen molar-refractivity contribution < 1.29 is 0 Å². The summed E-state index contributed by atoms with van der Waals surface area (Å²) in [6.07, 6.45) is 3.45. The summed E-state index contributed by atoms with van der Waals surface area (Å²) in [7, 11) is 0. The van der Waals surface area contributed by atoms with Gasteiger partial charge in [-0.15, -0.1) is 0 Å². The van der Waals surface area contributed by atoms with Gasteiger partial charge in [0, 0.05) is 18.2 Å². The highest BCUT2D eigenvalue weighted by Crippen LogP contribution is 2.49. The number of rotatable bonds is 2. The molecule has 9 heavy (non-hydrogen) atoms. The van der Waals surface area contributed by atoms with Crippen molar-refractivity contribution in [2.75, 3.05) is 6.54 Å². The van der Waals surface area contributed by atoms with E-state index >= 15 is 0 Å². The molecule has 52 valence electrons. The highest BCUT2D eigenvalue weighted by atomic mass is 14.7.